The Bertz CT molecular complexity index is 445. The largest absolute Gasteiger partial charge is 0.478 e. The summed E-state index contributed by atoms with van der Waals surface area (Å²) in [5.41, 5.74) is 2.71. The van der Waals surface area contributed by atoms with Crippen LogP contribution in [0.25, 0.3) is 0 Å². The van der Waals surface area contributed by atoms with Crippen molar-refractivity contribution < 1.29 is 15.0 Å². The second-order valence-electron chi connectivity index (χ2n) is 5.02. The first-order valence-electron chi connectivity index (χ1n) is 6.94. The van der Waals surface area contributed by atoms with Gasteiger partial charge in [0, 0.05) is 25.4 Å². The molecule has 2 N–H and O–H groups in total. The fraction of sp³-hybridized carbons (Fsp3) is 0.533. The Hall–Kier alpha value is -1.55. The van der Waals surface area contributed by atoms with Crippen molar-refractivity contribution in [3.8, 4) is 0 Å². The number of aliphatic hydroxyl groups is 1. The van der Waals surface area contributed by atoms with E-state index in [0.29, 0.717) is 5.56 Å². The number of benzene rings is 1. The van der Waals surface area contributed by atoms with E-state index in [9.17, 15) is 4.79 Å². The fourth-order valence-corrected chi connectivity index (χ4v) is 2.60. The van der Waals surface area contributed by atoms with E-state index in [1.54, 1.807) is 12.1 Å². The van der Waals surface area contributed by atoms with Crippen molar-refractivity contribution in [2.45, 2.75) is 32.1 Å². The number of fused-ring (bicyclic) bond motifs is 1. The number of aliphatic hydroxyl groups excluding tert-OH is 1. The lowest BCUT2D eigenvalue weighted by Crippen LogP contribution is -2.21. The summed E-state index contributed by atoms with van der Waals surface area (Å²) >= 11 is 0. The van der Waals surface area contributed by atoms with E-state index in [1.807, 2.05) is 6.07 Å². The topological polar surface area (TPSA) is 60.8 Å². The highest BCUT2D eigenvalue weighted by atomic mass is 16.4. The molecule has 0 saturated heterocycles. The Labute approximate surface area is 113 Å². The van der Waals surface area contributed by atoms with Crippen LogP contribution in [0.3, 0.4) is 0 Å². The Morgan fingerprint density at radius 1 is 1.21 bits per heavy atom. The lowest BCUT2D eigenvalue weighted by Gasteiger charge is -2.19. The molecule has 0 aromatic heterocycles. The first-order valence-corrected chi connectivity index (χ1v) is 6.94. The molecule has 0 radical (unpaired) electrons. The summed E-state index contributed by atoms with van der Waals surface area (Å²) in [5, 5.41) is 17.7. The summed E-state index contributed by atoms with van der Waals surface area (Å²) in [4.78, 5) is 13.3. The lowest BCUT2D eigenvalue weighted by atomic mass is 10.1. The van der Waals surface area contributed by atoms with E-state index in [2.05, 4.69) is 4.90 Å². The molecule has 0 unspecified atom stereocenters. The van der Waals surface area contributed by atoms with Crippen molar-refractivity contribution in [2.75, 3.05) is 24.6 Å². The van der Waals surface area contributed by atoms with Gasteiger partial charge in [0.2, 0.25) is 0 Å². The highest BCUT2D eigenvalue weighted by molar-refractivity contribution is 5.88. The van der Waals surface area contributed by atoms with Gasteiger partial charge in [-0.3, -0.25) is 0 Å². The number of carboxylic acids is 1. The van der Waals surface area contributed by atoms with Gasteiger partial charge in [-0.25, -0.2) is 4.79 Å². The normalized spacial score (nSPS) is 13.6. The number of rotatable bonds is 7. The van der Waals surface area contributed by atoms with Gasteiger partial charge >= 0.3 is 5.97 Å². The molecule has 0 saturated carbocycles. The summed E-state index contributed by atoms with van der Waals surface area (Å²) < 4.78 is 0. The maximum absolute atomic E-state index is 10.9. The number of aromatic carboxylic acids is 1. The van der Waals surface area contributed by atoms with Crippen molar-refractivity contribution >= 4 is 11.7 Å². The van der Waals surface area contributed by atoms with Crippen molar-refractivity contribution in [1.82, 2.24) is 0 Å². The molecule has 1 heterocycles. The Balaban J connectivity index is 1.89. The Morgan fingerprint density at radius 2 is 2.00 bits per heavy atom. The van der Waals surface area contributed by atoms with Crippen molar-refractivity contribution in [2.24, 2.45) is 0 Å². The molecule has 0 bridgehead atoms. The fourth-order valence-electron chi connectivity index (χ4n) is 2.60. The van der Waals surface area contributed by atoms with Gasteiger partial charge < -0.3 is 15.1 Å². The summed E-state index contributed by atoms with van der Waals surface area (Å²) in [6.07, 6.45) is 5.17. The van der Waals surface area contributed by atoms with Gasteiger partial charge in [0.05, 0.1) is 5.56 Å². The average Bonchev–Trinajstić information content (AvgIpc) is 2.81. The van der Waals surface area contributed by atoms with E-state index in [0.717, 1.165) is 50.8 Å². The molecule has 1 aliphatic heterocycles. The maximum atomic E-state index is 10.9. The highest BCUT2D eigenvalue weighted by Gasteiger charge is 2.19. The molecule has 19 heavy (non-hydrogen) atoms. The van der Waals surface area contributed by atoms with Crippen LogP contribution in [-0.2, 0) is 6.42 Å². The van der Waals surface area contributed by atoms with Crippen LogP contribution in [-0.4, -0.2) is 35.9 Å². The molecule has 0 fully saturated rings. The lowest BCUT2D eigenvalue weighted by molar-refractivity contribution is 0.0697. The third kappa shape index (κ3) is 3.47. The number of carbonyl (C=O) groups is 1. The van der Waals surface area contributed by atoms with Crippen LogP contribution in [0.4, 0.5) is 5.69 Å². The second-order valence-corrected chi connectivity index (χ2v) is 5.02. The van der Waals surface area contributed by atoms with Gasteiger partial charge in [-0.2, -0.15) is 0 Å². The number of nitrogens with zero attached hydrogens (tertiary/aromatic N) is 1. The summed E-state index contributed by atoms with van der Waals surface area (Å²) in [5.74, 6) is -0.856. The zero-order valence-corrected chi connectivity index (χ0v) is 11.1. The van der Waals surface area contributed by atoms with E-state index < -0.39 is 5.97 Å². The molecule has 0 spiro atoms. The Kier molecular flexibility index (Phi) is 4.80. The third-order valence-electron chi connectivity index (χ3n) is 3.65. The number of anilines is 1. The number of hydrogen-bond donors (Lipinski definition) is 2. The molecule has 1 aromatic rings. The van der Waals surface area contributed by atoms with Crippen LogP contribution < -0.4 is 4.90 Å². The molecule has 0 atom stereocenters. The SMILES string of the molecule is O=C(O)c1ccc2c(c1)CCN2CCCCCCO. The van der Waals surface area contributed by atoms with E-state index in [-0.39, 0.29) is 6.61 Å². The van der Waals surface area contributed by atoms with Crippen LogP contribution in [0.5, 0.6) is 0 Å². The minimum atomic E-state index is -0.856. The molecule has 2 rings (SSSR count). The van der Waals surface area contributed by atoms with Crippen LogP contribution in [0.1, 0.15) is 41.6 Å². The first-order chi connectivity index (χ1) is 9.22. The molecule has 0 amide bonds. The molecule has 1 aliphatic rings. The molecule has 4 nitrogen and oxygen atoms in total. The molecule has 4 heteroatoms. The summed E-state index contributed by atoms with van der Waals surface area (Å²) in [7, 11) is 0. The van der Waals surface area contributed by atoms with Gasteiger partial charge in [-0.15, -0.1) is 0 Å². The van der Waals surface area contributed by atoms with Crippen molar-refractivity contribution in [1.29, 1.82) is 0 Å². The monoisotopic (exact) mass is 263 g/mol. The van der Waals surface area contributed by atoms with Crippen molar-refractivity contribution in [3.05, 3.63) is 29.3 Å². The zero-order valence-electron chi connectivity index (χ0n) is 11.1. The van der Waals surface area contributed by atoms with Gasteiger partial charge in [0.1, 0.15) is 0 Å². The van der Waals surface area contributed by atoms with Gasteiger partial charge in [0.25, 0.3) is 0 Å². The van der Waals surface area contributed by atoms with Gasteiger partial charge in [-0.1, -0.05) is 12.8 Å². The van der Waals surface area contributed by atoms with Crippen LogP contribution >= 0.6 is 0 Å². The van der Waals surface area contributed by atoms with Crippen LogP contribution in [0, 0.1) is 0 Å². The predicted molar refractivity (Wildman–Crippen MR) is 74.9 cm³/mol. The molecule has 104 valence electrons. The highest BCUT2D eigenvalue weighted by Crippen LogP contribution is 2.29. The Morgan fingerprint density at radius 3 is 2.74 bits per heavy atom. The summed E-state index contributed by atoms with van der Waals surface area (Å²) in [6.45, 7) is 2.29. The first kappa shape index (κ1) is 13.9. The van der Waals surface area contributed by atoms with Crippen LogP contribution in [0.15, 0.2) is 18.2 Å². The van der Waals surface area contributed by atoms with E-state index >= 15 is 0 Å². The molecular weight excluding hydrogens is 242 g/mol. The number of carboxylic acid groups (broad SMARTS) is 1. The summed E-state index contributed by atoms with van der Waals surface area (Å²) in [6, 6.07) is 5.41. The average molecular weight is 263 g/mol. The maximum Gasteiger partial charge on any atom is 0.335 e. The standard InChI is InChI=1S/C15H21NO3/c17-10-4-2-1-3-8-16-9-7-12-11-13(15(18)19)5-6-14(12)16/h5-6,11,17H,1-4,7-10H2,(H,18,19). The second kappa shape index (κ2) is 6.57. The smallest absolute Gasteiger partial charge is 0.335 e. The van der Waals surface area contributed by atoms with E-state index in [4.69, 9.17) is 10.2 Å². The van der Waals surface area contributed by atoms with Gasteiger partial charge in [0.15, 0.2) is 0 Å². The molecule has 0 aliphatic carbocycles. The third-order valence-corrected chi connectivity index (χ3v) is 3.65. The van der Waals surface area contributed by atoms with E-state index in [1.165, 1.54) is 5.69 Å². The quantitative estimate of drug-likeness (QED) is 0.741. The molecular formula is C15H21NO3. The van der Waals surface area contributed by atoms with Gasteiger partial charge in [-0.05, 0) is 43.0 Å². The zero-order chi connectivity index (χ0) is 13.7. The minimum absolute atomic E-state index is 0.282. The van der Waals surface area contributed by atoms with Crippen LogP contribution in [0.2, 0.25) is 0 Å². The van der Waals surface area contributed by atoms with Crippen molar-refractivity contribution in [3.63, 3.8) is 0 Å². The number of hydrogen-bond acceptors (Lipinski definition) is 3. The predicted octanol–water partition coefficient (Wildman–Crippen LogP) is 2.30. The number of unbranched alkanes of at least 4 members (excludes halogenated alkanes) is 3. The molecule has 1 aromatic carbocycles. The minimum Gasteiger partial charge on any atom is -0.478 e.